The van der Waals surface area contributed by atoms with Crippen molar-refractivity contribution in [1.29, 1.82) is 0 Å². The third-order valence-electron chi connectivity index (χ3n) is 3.87. The van der Waals surface area contributed by atoms with Crippen molar-refractivity contribution in [2.75, 3.05) is 11.9 Å². The molecule has 3 rings (SSSR count). The maximum Gasteiger partial charge on any atom is 0.191 e. The summed E-state index contributed by atoms with van der Waals surface area (Å²) in [6, 6.07) is 18.4. The first-order valence-electron chi connectivity index (χ1n) is 8.24. The van der Waals surface area contributed by atoms with Gasteiger partial charge in [0, 0.05) is 25.4 Å². The standard InChI is InChI=1S/C20H18ClN3O2S/c1-24(12-14-5-3-2-4-6-14)18-11-17(21)22-20(23-18)27-13-15-7-9-16(10-8-15)19(25)26/h2-11H,12-13H2,1H3,(H,25,26)/p-1. The summed E-state index contributed by atoms with van der Waals surface area (Å²) in [7, 11) is 1.96. The average Bonchev–Trinajstić information content (AvgIpc) is 2.67. The fourth-order valence-electron chi connectivity index (χ4n) is 2.47. The Kier molecular flexibility index (Phi) is 6.32. The van der Waals surface area contributed by atoms with Gasteiger partial charge in [0.25, 0.3) is 0 Å². The van der Waals surface area contributed by atoms with Crippen molar-refractivity contribution in [3.05, 3.63) is 82.5 Å². The number of aromatic carboxylic acids is 1. The van der Waals surface area contributed by atoms with E-state index >= 15 is 0 Å². The summed E-state index contributed by atoms with van der Waals surface area (Å²) in [6.07, 6.45) is 0. The number of benzene rings is 2. The monoisotopic (exact) mass is 398 g/mol. The number of carbonyl (C=O) groups excluding carboxylic acids is 1. The summed E-state index contributed by atoms with van der Waals surface area (Å²) in [5.74, 6) is 0.169. The van der Waals surface area contributed by atoms with E-state index in [9.17, 15) is 9.90 Å². The highest BCUT2D eigenvalue weighted by Crippen LogP contribution is 2.25. The van der Waals surface area contributed by atoms with Gasteiger partial charge in [0.05, 0.1) is 5.97 Å². The number of thioether (sulfide) groups is 1. The molecule has 0 saturated heterocycles. The molecular formula is C20H17ClN3O2S-. The van der Waals surface area contributed by atoms with E-state index in [1.807, 2.05) is 30.1 Å². The zero-order chi connectivity index (χ0) is 19.2. The van der Waals surface area contributed by atoms with Crippen molar-refractivity contribution in [2.24, 2.45) is 0 Å². The van der Waals surface area contributed by atoms with Crippen LogP contribution in [0.5, 0.6) is 0 Å². The van der Waals surface area contributed by atoms with Crippen LogP contribution in [0.1, 0.15) is 21.5 Å². The summed E-state index contributed by atoms with van der Waals surface area (Å²) in [5.41, 5.74) is 2.30. The van der Waals surface area contributed by atoms with Gasteiger partial charge in [-0.25, -0.2) is 9.97 Å². The second-order valence-corrected chi connectivity index (χ2v) is 7.28. The quantitative estimate of drug-likeness (QED) is 0.345. The smallest absolute Gasteiger partial charge is 0.191 e. The average molecular weight is 399 g/mol. The van der Waals surface area contributed by atoms with Gasteiger partial charge in [0.15, 0.2) is 5.16 Å². The van der Waals surface area contributed by atoms with E-state index in [1.54, 1.807) is 18.2 Å². The Morgan fingerprint density at radius 1 is 1.07 bits per heavy atom. The van der Waals surface area contributed by atoms with E-state index in [2.05, 4.69) is 22.1 Å². The van der Waals surface area contributed by atoms with Crippen LogP contribution in [0.3, 0.4) is 0 Å². The van der Waals surface area contributed by atoms with E-state index in [-0.39, 0.29) is 5.56 Å². The largest absolute Gasteiger partial charge is 0.545 e. The molecule has 0 saturated carbocycles. The van der Waals surface area contributed by atoms with E-state index < -0.39 is 5.97 Å². The molecule has 0 amide bonds. The number of nitrogens with zero attached hydrogens (tertiary/aromatic N) is 3. The molecule has 27 heavy (non-hydrogen) atoms. The van der Waals surface area contributed by atoms with Crippen LogP contribution in [0, 0.1) is 0 Å². The molecule has 2 aromatic carbocycles. The van der Waals surface area contributed by atoms with Gasteiger partial charge in [-0.3, -0.25) is 0 Å². The highest BCUT2D eigenvalue weighted by Gasteiger charge is 2.09. The van der Waals surface area contributed by atoms with Crippen LogP contribution in [0.15, 0.2) is 65.8 Å². The number of rotatable bonds is 7. The number of hydrogen-bond acceptors (Lipinski definition) is 6. The van der Waals surface area contributed by atoms with Gasteiger partial charge in [0.2, 0.25) is 0 Å². The highest BCUT2D eigenvalue weighted by molar-refractivity contribution is 7.98. The highest BCUT2D eigenvalue weighted by atomic mass is 35.5. The minimum absolute atomic E-state index is 0.160. The fraction of sp³-hybridized carbons (Fsp3) is 0.150. The van der Waals surface area contributed by atoms with Crippen LogP contribution in [-0.2, 0) is 12.3 Å². The second-order valence-electron chi connectivity index (χ2n) is 5.95. The predicted octanol–water partition coefficient (Wildman–Crippen LogP) is 3.42. The summed E-state index contributed by atoms with van der Waals surface area (Å²) in [5, 5.41) is 11.8. The molecule has 0 atom stereocenters. The molecule has 138 valence electrons. The van der Waals surface area contributed by atoms with Gasteiger partial charge in [-0.05, 0) is 16.7 Å². The fourth-order valence-corrected chi connectivity index (χ4v) is 3.51. The maximum absolute atomic E-state index is 10.8. The van der Waals surface area contributed by atoms with Crippen LogP contribution >= 0.6 is 23.4 Å². The van der Waals surface area contributed by atoms with Crippen LogP contribution in [0.2, 0.25) is 5.15 Å². The maximum atomic E-state index is 10.8. The lowest BCUT2D eigenvalue weighted by Gasteiger charge is -2.19. The van der Waals surface area contributed by atoms with Gasteiger partial charge in [-0.2, -0.15) is 0 Å². The van der Waals surface area contributed by atoms with E-state index in [4.69, 9.17) is 11.6 Å². The van der Waals surface area contributed by atoms with Crippen molar-refractivity contribution < 1.29 is 9.90 Å². The molecule has 0 aliphatic heterocycles. The lowest BCUT2D eigenvalue weighted by molar-refractivity contribution is -0.255. The topological polar surface area (TPSA) is 69.2 Å². The number of carboxylic acids is 1. The first-order chi connectivity index (χ1) is 13.0. The third kappa shape index (κ3) is 5.45. The molecule has 1 heterocycles. The van der Waals surface area contributed by atoms with E-state index in [0.29, 0.717) is 22.6 Å². The Labute approximate surface area is 167 Å². The predicted molar refractivity (Wildman–Crippen MR) is 106 cm³/mol. The SMILES string of the molecule is CN(Cc1ccccc1)c1cc(Cl)nc(SCc2ccc(C(=O)[O-])cc2)n1. The molecule has 0 aliphatic carbocycles. The molecule has 0 bridgehead atoms. The van der Waals surface area contributed by atoms with Crippen molar-refractivity contribution in [2.45, 2.75) is 17.5 Å². The van der Waals surface area contributed by atoms with Crippen molar-refractivity contribution in [3.8, 4) is 0 Å². The molecule has 0 spiro atoms. The minimum Gasteiger partial charge on any atom is -0.545 e. The zero-order valence-electron chi connectivity index (χ0n) is 14.6. The Balaban J connectivity index is 1.68. The molecule has 0 radical (unpaired) electrons. The molecule has 1 aromatic heterocycles. The summed E-state index contributed by atoms with van der Waals surface area (Å²) in [4.78, 5) is 21.7. The van der Waals surface area contributed by atoms with Crippen molar-refractivity contribution in [1.82, 2.24) is 9.97 Å². The van der Waals surface area contributed by atoms with Crippen molar-refractivity contribution >= 4 is 35.1 Å². The lowest BCUT2D eigenvalue weighted by atomic mass is 10.1. The number of aromatic nitrogens is 2. The van der Waals surface area contributed by atoms with Gasteiger partial charge < -0.3 is 14.8 Å². The Hall–Kier alpha value is -2.57. The number of anilines is 1. The summed E-state index contributed by atoms with van der Waals surface area (Å²) >= 11 is 7.61. The summed E-state index contributed by atoms with van der Waals surface area (Å²) in [6.45, 7) is 0.711. The van der Waals surface area contributed by atoms with Gasteiger partial charge in [-0.1, -0.05) is 78.0 Å². The molecule has 0 N–H and O–H groups in total. The Morgan fingerprint density at radius 2 is 1.78 bits per heavy atom. The third-order valence-corrected chi connectivity index (χ3v) is 4.98. The molecule has 0 fully saturated rings. The second kappa shape index (κ2) is 8.88. The van der Waals surface area contributed by atoms with Crippen molar-refractivity contribution in [3.63, 3.8) is 0 Å². The van der Waals surface area contributed by atoms with E-state index in [1.165, 1.54) is 29.5 Å². The van der Waals surface area contributed by atoms with E-state index in [0.717, 1.165) is 11.4 Å². The molecule has 5 nitrogen and oxygen atoms in total. The molecule has 0 unspecified atom stereocenters. The first kappa shape index (κ1) is 19.2. The molecular weight excluding hydrogens is 382 g/mol. The Bertz CT molecular complexity index is 920. The number of carbonyl (C=O) groups is 1. The normalized spacial score (nSPS) is 10.6. The van der Waals surface area contributed by atoms with Crippen LogP contribution < -0.4 is 10.0 Å². The Morgan fingerprint density at radius 3 is 2.44 bits per heavy atom. The zero-order valence-corrected chi connectivity index (χ0v) is 16.2. The van der Waals surface area contributed by atoms with Crippen LogP contribution in [0.25, 0.3) is 0 Å². The number of halogens is 1. The summed E-state index contributed by atoms with van der Waals surface area (Å²) < 4.78 is 0. The van der Waals surface area contributed by atoms with Crippen LogP contribution in [-0.4, -0.2) is 23.0 Å². The van der Waals surface area contributed by atoms with Crippen LogP contribution in [0.4, 0.5) is 5.82 Å². The van der Waals surface area contributed by atoms with Gasteiger partial charge in [0.1, 0.15) is 11.0 Å². The number of carboxylic acid groups (broad SMARTS) is 1. The number of hydrogen-bond donors (Lipinski definition) is 0. The molecule has 7 heteroatoms. The van der Waals surface area contributed by atoms with Gasteiger partial charge in [-0.15, -0.1) is 0 Å². The first-order valence-corrected chi connectivity index (χ1v) is 9.60. The molecule has 3 aromatic rings. The lowest BCUT2D eigenvalue weighted by Crippen LogP contribution is -2.21. The molecule has 0 aliphatic rings. The van der Waals surface area contributed by atoms with Gasteiger partial charge >= 0.3 is 0 Å². The minimum atomic E-state index is -1.18.